The number of aliphatic hydroxyl groups is 1. The van der Waals surface area contributed by atoms with Crippen molar-refractivity contribution in [3.63, 3.8) is 0 Å². The molecule has 9 nitrogen and oxygen atoms in total. The van der Waals surface area contributed by atoms with Crippen LogP contribution in [0.25, 0.3) is 0 Å². The van der Waals surface area contributed by atoms with Crippen molar-refractivity contribution in [1.29, 1.82) is 0 Å². The first-order valence-electron chi connectivity index (χ1n) is 10.3. The number of nitro benzene ring substituents is 1. The van der Waals surface area contributed by atoms with E-state index < -0.39 is 45.1 Å². The molecule has 33 heavy (non-hydrogen) atoms. The van der Waals surface area contributed by atoms with E-state index in [0.29, 0.717) is 5.56 Å². The Kier molecular flexibility index (Phi) is 5.98. The van der Waals surface area contributed by atoms with Crippen LogP contribution in [0.4, 0.5) is 5.69 Å². The SMILES string of the molecule is CC1(C)S[C@H]2N(C(=O)[C@@]2(CO)/N=C/c2ccc([N+](=O)[O-])cc2)[C@H]1C(=O)OCc1ccccc1. The van der Waals surface area contributed by atoms with Crippen LogP contribution in [0.2, 0.25) is 0 Å². The molecule has 3 atom stereocenters. The minimum Gasteiger partial charge on any atom is -0.459 e. The minimum absolute atomic E-state index is 0.0557. The Hall–Kier alpha value is -3.24. The van der Waals surface area contributed by atoms with Crippen LogP contribution in [0.15, 0.2) is 59.6 Å². The summed E-state index contributed by atoms with van der Waals surface area (Å²) in [7, 11) is 0. The second-order valence-electron chi connectivity index (χ2n) is 8.47. The average molecular weight is 470 g/mol. The van der Waals surface area contributed by atoms with Gasteiger partial charge in [-0.1, -0.05) is 30.3 Å². The van der Waals surface area contributed by atoms with Gasteiger partial charge in [-0.15, -0.1) is 11.8 Å². The molecular weight excluding hydrogens is 446 g/mol. The standard InChI is InChI=1S/C23H23N3O6S/c1-22(2)18(19(28)32-13-16-6-4-3-5-7-16)25-20(29)23(14-27,21(25)33-22)24-12-15-8-10-17(11-9-15)26(30)31/h3-12,18,21,27H,13-14H2,1-2H3/b24-12+/t18-,21+,23+/m0/s1. The highest BCUT2D eigenvalue weighted by Gasteiger charge is 2.71. The molecule has 2 heterocycles. The molecule has 2 aliphatic rings. The molecule has 1 amide bonds. The molecule has 0 bridgehead atoms. The fraction of sp³-hybridized carbons (Fsp3) is 0.348. The zero-order valence-corrected chi connectivity index (χ0v) is 18.9. The van der Waals surface area contributed by atoms with Crippen LogP contribution in [0.3, 0.4) is 0 Å². The number of carbonyl (C=O) groups excluding carboxylic acids is 2. The van der Waals surface area contributed by atoms with E-state index in [1.165, 1.54) is 47.1 Å². The number of nitrogens with zero attached hydrogens (tertiary/aromatic N) is 3. The lowest BCUT2D eigenvalue weighted by atomic mass is 9.85. The number of hydrogen-bond acceptors (Lipinski definition) is 8. The van der Waals surface area contributed by atoms with Gasteiger partial charge in [-0.25, -0.2) is 4.79 Å². The van der Waals surface area contributed by atoms with Gasteiger partial charge in [-0.2, -0.15) is 0 Å². The van der Waals surface area contributed by atoms with Crippen molar-refractivity contribution >= 4 is 35.5 Å². The summed E-state index contributed by atoms with van der Waals surface area (Å²) in [6, 6.07) is 14.2. The highest BCUT2D eigenvalue weighted by atomic mass is 32.2. The number of esters is 1. The maximum Gasteiger partial charge on any atom is 0.330 e. The van der Waals surface area contributed by atoms with Crippen LogP contribution in [0, 0.1) is 10.1 Å². The van der Waals surface area contributed by atoms with Crippen LogP contribution in [-0.4, -0.2) is 61.3 Å². The van der Waals surface area contributed by atoms with E-state index in [1.807, 2.05) is 44.2 Å². The van der Waals surface area contributed by atoms with Crippen LogP contribution in [0.5, 0.6) is 0 Å². The Bertz CT molecular complexity index is 1100. The highest BCUT2D eigenvalue weighted by Crippen LogP contribution is 2.56. The molecule has 2 saturated heterocycles. The number of fused-ring (bicyclic) bond motifs is 1. The summed E-state index contributed by atoms with van der Waals surface area (Å²) in [5, 5.41) is 20.4. The summed E-state index contributed by atoms with van der Waals surface area (Å²) in [5.74, 6) is -0.953. The normalized spacial score (nSPS) is 25.5. The Morgan fingerprint density at radius 1 is 1.24 bits per heavy atom. The van der Waals surface area contributed by atoms with Gasteiger partial charge in [0, 0.05) is 23.1 Å². The van der Waals surface area contributed by atoms with Crippen molar-refractivity contribution < 1.29 is 24.4 Å². The van der Waals surface area contributed by atoms with E-state index in [1.54, 1.807) is 0 Å². The monoisotopic (exact) mass is 469 g/mol. The molecule has 2 aromatic rings. The molecule has 10 heteroatoms. The van der Waals surface area contributed by atoms with Gasteiger partial charge in [0.05, 0.1) is 11.5 Å². The number of thioether (sulfide) groups is 1. The van der Waals surface area contributed by atoms with Gasteiger partial charge in [0.1, 0.15) is 18.0 Å². The Labute approximate surface area is 194 Å². The molecule has 2 fully saturated rings. The fourth-order valence-corrected chi connectivity index (χ4v) is 5.75. The van der Waals surface area contributed by atoms with Gasteiger partial charge in [-0.3, -0.25) is 19.9 Å². The van der Waals surface area contributed by atoms with Crippen molar-refractivity contribution in [2.24, 2.45) is 4.99 Å². The second kappa shape index (κ2) is 8.60. The Morgan fingerprint density at radius 2 is 1.91 bits per heavy atom. The van der Waals surface area contributed by atoms with E-state index in [4.69, 9.17) is 4.74 Å². The summed E-state index contributed by atoms with van der Waals surface area (Å²) in [4.78, 5) is 42.3. The van der Waals surface area contributed by atoms with Gasteiger partial charge in [0.15, 0.2) is 5.54 Å². The number of ether oxygens (including phenoxy) is 1. The minimum atomic E-state index is -1.42. The first kappa shape index (κ1) is 22.9. The first-order chi connectivity index (χ1) is 15.7. The largest absolute Gasteiger partial charge is 0.459 e. The summed E-state index contributed by atoms with van der Waals surface area (Å²) in [5.41, 5.74) is -0.0724. The molecule has 2 aromatic carbocycles. The predicted octanol–water partition coefficient (Wildman–Crippen LogP) is 2.55. The van der Waals surface area contributed by atoms with Crippen LogP contribution in [0.1, 0.15) is 25.0 Å². The molecule has 0 aromatic heterocycles. The second-order valence-corrected chi connectivity index (χ2v) is 10.2. The third-order valence-electron chi connectivity index (χ3n) is 5.85. The van der Waals surface area contributed by atoms with E-state index in [0.717, 1.165) is 5.56 Å². The number of aliphatic hydroxyl groups excluding tert-OH is 1. The van der Waals surface area contributed by atoms with Crippen LogP contribution in [-0.2, 0) is 20.9 Å². The molecule has 1 N–H and O–H groups in total. The smallest absolute Gasteiger partial charge is 0.330 e. The molecule has 0 unspecified atom stereocenters. The number of amides is 1. The molecule has 0 aliphatic carbocycles. The molecule has 0 radical (unpaired) electrons. The van der Waals surface area contributed by atoms with E-state index >= 15 is 0 Å². The average Bonchev–Trinajstić information content (AvgIpc) is 3.07. The quantitative estimate of drug-likeness (QED) is 0.217. The van der Waals surface area contributed by atoms with Crippen molar-refractivity contribution in [1.82, 2.24) is 4.90 Å². The van der Waals surface area contributed by atoms with Crippen LogP contribution < -0.4 is 0 Å². The fourth-order valence-electron chi connectivity index (χ4n) is 4.08. The molecule has 2 aliphatic heterocycles. The summed E-state index contributed by atoms with van der Waals surface area (Å²) in [6.07, 6.45) is 1.42. The topological polar surface area (TPSA) is 122 Å². The van der Waals surface area contributed by atoms with Crippen molar-refractivity contribution in [2.75, 3.05) is 6.61 Å². The lowest BCUT2D eigenvalue weighted by Gasteiger charge is -2.49. The number of aliphatic imine (C=N–C) groups is 1. The third kappa shape index (κ3) is 4.00. The van der Waals surface area contributed by atoms with E-state index in [9.17, 15) is 24.8 Å². The van der Waals surface area contributed by atoms with E-state index in [-0.39, 0.29) is 12.3 Å². The molecular formula is C23H23N3O6S. The first-order valence-corrected chi connectivity index (χ1v) is 11.2. The van der Waals surface area contributed by atoms with Crippen molar-refractivity contribution in [3.05, 3.63) is 75.8 Å². The van der Waals surface area contributed by atoms with Gasteiger partial charge < -0.3 is 14.7 Å². The maximum atomic E-state index is 13.2. The van der Waals surface area contributed by atoms with Crippen LogP contribution >= 0.6 is 11.8 Å². The number of rotatable bonds is 7. The number of non-ortho nitro benzene ring substituents is 1. The van der Waals surface area contributed by atoms with E-state index in [2.05, 4.69) is 4.99 Å². The van der Waals surface area contributed by atoms with Gasteiger partial charge >= 0.3 is 5.97 Å². The number of β-lactam (4-membered cyclic amide) rings is 1. The zero-order valence-electron chi connectivity index (χ0n) is 18.1. The Morgan fingerprint density at radius 3 is 2.52 bits per heavy atom. The molecule has 4 rings (SSSR count). The summed E-state index contributed by atoms with van der Waals surface area (Å²) >= 11 is 1.39. The number of hydrogen-bond donors (Lipinski definition) is 1. The lowest BCUT2D eigenvalue weighted by molar-refractivity contribution is -0.384. The zero-order chi connectivity index (χ0) is 23.8. The third-order valence-corrected chi connectivity index (χ3v) is 7.53. The van der Waals surface area contributed by atoms with Gasteiger partial charge in [0.25, 0.3) is 11.6 Å². The summed E-state index contributed by atoms with van der Waals surface area (Å²) < 4.78 is 4.86. The number of nitro groups is 1. The van der Waals surface area contributed by atoms with Gasteiger partial charge in [-0.05, 0) is 37.1 Å². The van der Waals surface area contributed by atoms with Crippen molar-refractivity contribution in [2.45, 2.75) is 42.2 Å². The number of benzene rings is 2. The maximum absolute atomic E-state index is 13.2. The number of carbonyl (C=O) groups is 2. The molecule has 172 valence electrons. The van der Waals surface area contributed by atoms with Crippen molar-refractivity contribution in [3.8, 4) is 0 Å². The van der Waals surface area contributed by atoms with Gasteiger partial charge in [0.2, 0.25) is 0 Å². The molecule has 0 spiro atoms. The Balaban J connectivity index is 1.52. The summed E-state index contributed by atoms with van der Waals surface area (Å²) in [6.45, 7) is 3.30. The predicted molar refractivity (Wildman–Crippen MR) is 123 cm³/mol. The molecule has 0 saturated carbocycles. The highest BCUT2D eigenvalue weighted by molar-refractivity contribution is 8.01. The lowest BCUT2D eigenvalue weighted by Crippen LogP contribution is -2.74.